The lowest BCUT2D eigenvalue weighted by molar-refractivity contribution is -0.125. The van der Waals surface area contributed by atoms with E-state index in [1.54, 1.807) is 6.92 Å². The molecule has 2 N–H and O–H groups in total. The summed E-state index contributed by atoms with van der Waals surface area (Å²) >= 11 is 1.83. The van der Waals surface area contributed by atoms with Crippen LogP contribution in [0, 0.1) is 9.39 Å². The minimum atomic E-state index is -1.21. The molecule has 26 heavy (non-hydrogen) atoms. The molecule has 140 valence electrons. The van der Waals surface area contributed by atoms with Gasteiger partial charge in [0, 0.05) is 27.3 Å². The van der Waals surface area contributed by atoms with E-state index in [2.05, 4.69) is 5.32 Å². The van der Waals surface area contributed by atoms with E-state index in [-0.39, 0.29) is 42.6 Å². The van der Waals surface area contributed by atoms with Gasteiger partial charge in [-0.15, -0.1) is 0 Å². The Bertz CT molecular complexity index is 808. The van der Waals surface area contributed by atoms with Crippen molar-refractivity contribution in [1.29, 1.82) is 0 Å². The van der Waals surface area contributed by atoms with E-state index in [4.69, 9.17) is 0 Å². The predicted molar refractivity (Wildman–Crippen MR) is 98.0 cm³/mol. The number of hydrogen-bond acceptors (Lipinski definition) is 3. The van der Waals surface area contributed by atoms with Crippen molar-refractivity contribution in [1.82, 2.24) is 10.2 Å². The van der Waals surface area contributed by atoms with E-state index < -0.39 is 28.9 Å². The van der Waals surface area contributed by atoms with Gasteiger partial charge in [0.2, 0.25) is 5.91 Å². The molecule has 0 bridgehead atoms. The molecule has 1 spiro atoms. The number of aliphatic hydroxyl groups is 1. The largest absolute Gasteiger partial charge is 0.390 e. The van der Waals surface area contributed by atoms with Crippen LogP contribution in [-0.2, 0) is 10.2 Å². The lowest BCUT2D eigenvalue weighted by Gasteiger charge is -2.41. The Labute approximate surface area is 163 Å². The van der Waals surface area contributed by atoms with Gasteiger partial charge in [0.25, 0.3) is 5.91 Å². The highest BCUT2D eigenvalue weighted by atomic mass is 127. The molecule has 2 amide bonds. The lowest BCUT2D eigenvalue weighted by Crippen LogP contribution is -2.56. The van der Waals surface area contributed by atoms with Crippen LogP contribution < -0.4 is 5.32 Å². The second-order valence-electron chi connectivity index (χ2n) is 7.94. The number of alkyl halides is 1. The minimum absolute atomic E-state index is 0.00676. The molecule has 8 heteroatoms. The Hall–Kier alpha value is -1.29. The molecule has 1 heterocycles. The first-order chi connectivity index (χ1) is 12.1. The number of nitrogens with one attached hydrogen (secondary N) is 1. The summed E-state index contributed by atoms with van der Waals surface area (Å²) in [4.78, 5) is 26.3. The molecule has 0 unspecified atom stereocenters. The fraction of sp³-hybridized carbons (Fsp3) is 0.556. The SMILES string of the molecule is CC1(O)CC(NC(=O)CN2C[C@@]3(C[C@H]3F)c3c(ccc(I)c3F)C2=O)C1. The number of amides is 2. The molecular weight excluding hydrogens is 457 g/mol. The van der Waals surface area contributed by atoms with Gasteiger partial charge < -0.3 is 15.3 Å². The Morgan fingerprint density at radius 2 is 2.08 bits per heavy atom. The molecule has 1 aromatic rings. The molecule has 3 aliphatic rings. The summed E-state index contributed by atoms with van der Waals surface area (Å²) in [6.45, 7) is 1.51. The zero-order chi connectivity index (χ0) is 18.9. The van der Waals surface area contributed by atoms with Gasteiger partial charge in [-0.05, 0) is 60.9 Å². The molecule has 0 aromatic heterocycles. The Morgan fingerprint density at radius 3 is 2.65 bits per heavy atom. The fourth-order valence-electron chi connectivity index (χ4n) is 4.24. The number of carbonyl (C=O) groups is 2. The topological polar surface area (TPSA) is 69.6 Å². The van der Waals surface area contributed by atoms with Gasteiger partial charge in [-0.25, -0.2) is 8.78 Å². The second kappa shape index (κ2) is 5.85. The molecule has 0 saturated heterocycles. The van der Waals surface area contributed by atoms with Crippen LogP contribution in [0.1, 0.15) is 42.1 Å². The Morgan fingerprint density at radius 1 is 1.42 bits per heavy atom. The first-order valence-electron chi connectivity index (χ1n) is 8.56. The summed E-state index contributed by atoms with van der Waals surface area (Å²) < 4.78 is 29.2. The Kier molecular flexibility index (Phi) is 4.07. The smallest absolute Gasteiger partial charge is 0.254 e. The van der Waals surface area contributed by atoms with Crippen LogP contribution in [0.3, 0.4) is 0 Å². The average molecular weight is 476 g/mol. The van der Waals surface area contributed by atoms with Crippen molar-refractivity contribution in [2.45, 2.75) is 49.4 Å². The van der Waals surface area contributed by atoms with Gasteiger partial charge in [0.1, 0.15) is 12.0 Å². The van der Waals surface area contributed by atoms with Crippen LogP contribution in [0.2, 0.25) is 0 Å². The summed E-state index contributed by atoms with van der Waals surface area (Å²) in [6.07, 6.45) is -0.117. The van der Waals surface area contributed by atoms with E-state index in [9.17, 15) is 23.5 Å². The van der Waals surface area contributed by atoms with Crippen molar-refractivity contribution in [2.75, 3.05) is 13.1 Å². The highest BCUT2D eigenvalue weighted by Crippen LogP contribution is 2.55. The van der Waals surface area contributed by atoms with Gasteiger partial charge in [0.05, 0.1) is 17.6 Å². The van der Waals surface area contributed by atoms with E-state index in [0.717, 1.165) is 0 Å². The zero-order valence-corrected chi connectivity index (χ0v) is 16.3. The number of halogens is 3. The average Bonchev–Trinajstić information content (AvgIpc) is 3.15. The third kappa shape index (κ3) is 2.81. The first kappa shape index (κ1) is 18.1. The van der Waals surface area contributed by atoms with Crippen molar-refractivity contribution in [3.8, 4) is 0 Å². The van der Waals surface area contributed by atoms with Gasteiger partial charge >= 0.3 is 0 Å². The molecule has 2 atom stereocenters. The fourth-order valence-corrected chi connectivity index (χ4v) is 4.69. The van der Waals surface area contributed by atoms with Crippen molar-refractivity contribution < 1.29 is 23.5 Å². The van der Waals surface area contributed by atoms with Gasteiger partial charge in [-0.1, -0.05) is 0 Å². The Balaban J connectivity index is 1.53. The summed E-state index contributed by atoms with van der Waals surface area (Å²) in [7, 11) is 0. The number of rotatable bonds is 3. The first-order valence-corrected chi connectivity index (χ1v) is 9.64. The molecular formula is C18H19F2IN2O3. The molecule has 2 fully saturated rings. The van der Waals surface area contributed by atoms with Crippen LogP contribution in [0.25, 0.3) is 0 Å². The lowest BCUT2D eigenvalue weighted by atomic mass is 9.77. The van der Waals surface area contributed by atoms with Crippen LogP contribution in [-0.4, -0.2) is 52.7 Å². The van der Waals surface area contributed by atoms with Crippen LogP contribution in [0.15, 0.2) is 12.1 Å². The van der Waals surface area contributed by atoms with E-state index in [0.29, 0.717) is 16.4 Å². The predicted octanol–water partition coefficient (Wildman–Crippen LogP) is 1.90. The zero-order valence-electron chi connectivity index (χ0n) is 14.2. The molecule has 1 aromatic carbocycles. The maximum atomic E-state index is 14.6. The van der Waals surface area contributed by atoms with Gasteiger partial charge in [-0.3, -0.25) is 9.59 Å². The maximum Gasteiger partial charge on any atom is 0.254 e. The quantitative estimate of drug-likeness (QED) is 0.656. The number of fused-ring (bicyclic) bond motifs is 2. The molecule has 4 rings (SSSR count). The van der Waals surface area contributed by atoms with E-state index in [1.807, 2.05) is 22.6 Å². The van der Waals surface area contributed by atoms with E-state index in [1.165, 1.54) is 17.0 Å². The third-order valence-corrected chi connectivity index (χ3v) is 6.47. The van der Waals surface area contributed by atoms with Crippen LogP contribution in [0.5, 0.6) is 0 Å². The van der Waals surface area contributed by atoms with Crippen LogP contribution >= 0.6 is 22.6 Å². The molecule has 1 aliphatic heterocycles. The standard InChI is InChI=1S/C18H19F2IN2O3/c1-17(26)4-9(5-17)22-13(24)7-23-8-18(6-12(18)19)14-10(16(23)25)2-3-11(21)15(14)20/h2-3,9,12,26H,4-8H2,1H3,(H,22,24)/t9?,12-,17?,18-/m1/s1. The van der Waals surface area contributed by atoms with Crippen molar-refractivity contribution >= 4 is 34.4 Å². The summed E-state index contributed by atoms with van der Waals surface area (Å²) in [5, 5.41) is 12.5. The maximum absolute atomic E-state index is 14.6. The van der Waals surface area contributed by atoms with E-state index >= 15 is 0 Å². The highest BCUT2D eigenvalue weighted by Gasteiger charge is 2.62. The number of nitrogens with zero attached hydrogens (tertiary/aromatic N) is 1. The van der Waals surface area contributed by atoms with Crippen molar-refractivity contribution in [3.63, 3.8) is 0 Å². The monoisotopic (exact) mass is 476 g/mol. The number of hydrogen-bond donors (Lipinski definition) is 2. The molecule has 5 nitrogen and oxygen atoms in total. The summed E-state index contributed by atoms with van der Waals surface area (Å²) in [5.74, 6) is -1.33. The summed E-state index contributed by atoms with van der Waals surface area (Å²) in [6, 6.07) is 2.89. The van der Waals surface area contributed by atoms with Crippen LogP contribution in [0.4, 0.5) is 8.78 Å². The van der Waals surface area contributed by atoms with Crippen molar-refractivity contribution in [2.24, 2.45) is 0 Å². The minimum Gasteiger partial charge on any atom is -0.390 e. The number of carbonyl (C=O) groups excluding carboxylic acids is 2. The normalized spacial score (nSPS) is 35.1. The van der Waals surface area contributed by atoms with Gasteiger partial charge in [-0.2, -0.15) is 0 Å². The molecule has 0 radical (unpaired) electrons. The molecule has 2 aliphatic carbocycles. The molecule has 2 saturated carbocycles. The highest BCUT2D eigenvalue weighted by molar-refractivity contribution is 14.1. The third-order valence-electron chi connectivity index (χ3n) is 5.64. The number of benzene rings is 1. The van der Waals surface area contributed by atoms with Crippen molar-refractivity contribution in [3.05, 3.63) is 32.6 Å². The summed E-state index contributed by atoms with van der Waals surface area (Å²) in [5.41, 5.74) is -1.48. The second-order valence-corrected chi connectivity index (χ2v) is 9.10. The van der Waals surface area contributed by atoms with Gasteiger partial charge in [0.15, 0.2) is 0 Å².